The van der Waals surface area contributed by atoms with Crippen molar-refractivity contribution >= 4 is 23.3 Å². The molecule has 0 radical (unpaired) electrons. The first-order chi connectivity index (χ1) is 8.58. The molecule has 18 heavy (non-hydrogen) atoms. The molecule has 1 unspecified atom stereocenters. The van der Waals surface area contributed by atoms with Gasteiger partial charge in [-0.05, 0) is 13.3 Å². The van der Waals surface area contributed by atoms with Gasteiger partial charge < -0.3 is 15.3 Å². The van der Waals surface area contributed by atoms with Crippen molar-refractivity contribution in [2.45, 2.75) is 26.3 Å². The summed E-state index contributed by atoms with van der Waals surface area (Å²) in [5.74, 6) is -1.02. The Hall–Kier alpha value is -1.63. The van der Waals surface area contributed by atoms with Gasteiger partial charge in [-0.2, -0.15) is 0 Å². The number of hydrogen-bond donors (Lipinski definition) is 2. The van der Waals surface area contributed by atoms with Gasteiger partial charge in [-0.1, -0.05) is 6.92 Å². The van der Waals surface area contributed by atoms with E-state index < -0.39 is 5.97 Å². The summed E-state index contributed by atoms with van der Waals surface area (Å²) < 4.78 is 0. The zero-order chi connectivity index (χ0) is 13.5. The summed E-state index contributed by atoms with van der Waals surface area (Å²) >= 11 is 1.47. The maximum Gasteiger partial charge on any atom is 0.323 e. The van der Waals surface area contributed by atoms with E-state index >= 15 is 0 Å². The van der Waals surface area contributed by atoms with E-state index in [-0.39, 0.29) is 18.6 Å². The number of rotatable bonds is 6. The molecule has 1 rings (SSSR count). The van der Waals surface area contributed by atoms with Gasteiger partial charge in [-0.15, -0.1) is 11.3 Å². The Morgan fingerprint density at radius 3 is 2.72 bits per heavy atom. The lowest BCUT2D eigenvalue weighted by Gasteiger charge is -2.22. The number of thiazole rings is 1. The standard InChI is InChI=1S/C11H17N3O3S/c1-3-8(10-12-5-6-18-10)13-11(17)14(4-2)7-9(15)16/h5-6,8H,3-4,7H2,1-2H3,(H,13,17)(H,15,16). The maximum atomic E-state index is 11.9. The smallest absolute Gasteiger partial charge is 0.323 e. The van der Waals surface area contributed by atoms with Crippen LogP contribution in [-0.2, 0) is 4.79 Å². The molecule has 0 aliphatic heterocycles. The Balaban J connectivity index is 2.63. The number of nitrogens with one attached hydrogen (secondary N) is 1. The fourth-order valence-corrected chi connectivity index (χ4v) is 2.25. The van der Waals surface area contributed by atoms with Crippen LogP contribution in [0.5, 0.6) is 0 Å². The molecule has 1 aromatic heterocycles. The highest BCUT2D eigenvalue weighted by Crippen LogP contribution is 2.18. The average molecular weight is 271 g/mol. The van der Waals surface area contributed by atoms with Crippen LogP contribution < -0.4 is 5.32 Å². The van der Waals surface area contributed by atoms with E-state index in [0.29, 0.717) is 13.0 Å². The molecule has 1 atom stereocenters. The lowest BCUT2D eigenvalue weighted by molar-refractivity contribution is -0.137. The number of aliphatic carboxylic acids is 1. The average Bonchev–Trinajstić information content (AvgIpc) is 2.85. The van der Waals surface area contributed by atoms with E-state index in [2.05, 4.69) is 10.3 Å². The second-order valence-corrected chi connectivity index (χ2v) is 4.61. The van der Waals surface area contributed by atoms with Crippen molar-refractivity contribution in [3.8, 4) is 0 Å². The molecule has 0 aromatic carbocycles. The van der Waals surface area contributed by atoms with Crippen LogP contribution in [0.1, 0.15) is 31.3 Å². The van der Waals surface area contributed by atoms with Gasteiger partial charge in [-0.25, -0.2) is 9.78 Å². The highest BCUT2D eigenvalue weighted by molar-refractivity contribution is 7.09. The molecule has 0 bridgehead atoms. The van der Waals surface area contributed by atoms with E-state index in [4.69, 9.17) is 5.11 Å². The first kappa shape index (κ1) is 14.4. The first-order valence-corrected chi connectivity index (χ1v) is 6.63. The van der Waals surface area contributed by atoms with E-state index in [0.717, 1.165) is 5.01 Å². The van der Waals surface area contributed by atoms with Crippen molar-refractivity contribution in [2.75, 3.05) is 13.1 Å². The molecule has 1 heterocycles. The summed E-state index contributed by atoms with van der Waals surface area (Å²) in [5, 5.41) is 14.2. The highest BCUT2D eigenvalue weighted by atomic mass is 32.1. The second-order valence-electron chi connectivity index (χ2n) is 3.69. The van der Waals surface area contributed by atoms with Crippen molar-refractivity contribution in [1.29, 1.82) is 0 Å². The quantitative estimate of drug-likeness (QED) is 0.825. The van der Waals surface area contributed by atoms with Crippen LogP contribution in [0.25, 0.3) is 0 Å². The van der Waals surface area contributed by atoms with Crippen LogP contribution in [0.15, 0.2) is 11.6 Å². The van der Waals surface area contributed by atoms with Crippen LogP contribution in [0, 0.1) is 0 Å². The molecule has 100 valence electrons. The number of amides is 2. The largest absolute Gasteiger partial charge is 0.480 e. The molecule has 1 aromatic rings. The molecule has 2 amide bonds. The molecule has 0 saturated heterocycles. The lowest BCUT2D eigenvalue weighted by Crippen LogP contribution is -2.43. The molecule has 0 saturated carbocycles. The van der Waals surface area contributed by atoms with Gasteiger partial charge in [0, 0.05) is 18.1 Å². The third-order valence-electron chi connectivity index (χ3n) is 2.45. The first-order valence-electron chi connectivity index (χ1n) is 5.75. The summed E-state index contributed by atoms with van der Waals surface area (Å²) in [6, 6.07) is -0.540. The van der Waals surface area contributed by atoms with Crippen LogP contribution in [0.3, 0.4) is 0 Å². The van der Waals surface area contributed by atoms with Crippen molar-refractivity contribution in [3.63, 3.8) is 0 Å². The highest BCUT2D eigenvalue weighted by Gasteiger charge is 2.20. The molecular weight excluding hydrogens is 254 g/mol. The number of nitrogens with zero attached hydrogens (tertiary/aromatic N) is 2. The van der Waals surface area contributed by atoms with Crippen molar-refractivity contribution in [3.05, 3.63) is 16.6 Å². The van der Waals surface area contributed by atoms with Gasteiger partial charge in [0.15, 0.2) is 0 Å². The van der Waals surface area contributed by atoms with Crippen molar-refractivity contribution in [2.24, 2.45) is 0 Å². The molecule has 6 nitrogen and oxygen atoms in total. The fourth-order valence-electron chi connectivity index (χ4n) is 1.48. The Morgan fingerprint density at radius 1 is 1.56 bits per heavy atom. The summed E-state index contributed by atoms with van der Waals surface area (Å²) in [6.07, 6.45) is 2.40. The normalized spacial score (nSPS) is 11.9. The van der Waals surface area contributed by atoms with E-state index in [1.807, 2.05) is 12.3 Å². The molecule has 0 spiro atoms. The number of carbonyl (C=O) groups excluding carboxylic acids is 1. The maximum absolute atomic E-state index is 11.9. The van der Waals surface area contributed by atoms with Gasteiger partial charge in [0.25, 0.3) is 0 Å². The van der Waals surface area contributed by atoms with E-state index in [1.165, 1.54) is 16.2 Å². The Kier molecular flexibility index (Phi) is 5.57. The topological polar surface area (TPSA) is 82.5 Å². The number of carboxylic acids is 1. The Bertz CT molecular complexity index is 394. The second kappa shape index (κ2) is 6.95. The molecule has 0 fully saturated rings. The predicted octanol–water partition coefficient (Wildman–Crippen LogP) is 1.71. The SMILES string of the molecule is CCC(NC(=O)N(CC)CC(=O)O)c1nccs1. The van der Waals surface area contributed by atoms with Gasteiger partial charge in [0.2, 0.25) is 0 Å². The number of hydrogen-bond acceptors (Lipinski definition) is 4. The van der Waals surface area contributed by atoms with Gasteiger partial charge in [0.05, 0.1) is 6.04 Å². The summed E-state index contributed by atoms with van der Waals surface area (Å²) in [5.41, 5.74) is 0. The van der Waals surface area contributed by atoms with Crippen LogP contribution in [-0.4, -0.2) is 40.1 Å². The predicted molar refractivity (Wildman–Crippen MR) is 68.6 cm³/mol. The molecule has 2 N–H and O–H groups in total. The number of likely N-dealkylation sites (N-methyl/N-ethyl adjacent to an activating group) is 1. The monoisotopic (exact) mass is 271 g/mol. The molecule has 7 heteroatoms. The number of carboxylic acid groups (broad SMARTS) is 1. The van der Waals surface area contributed by atoms with Crippen LogP contribution in [0.4, 0.5) is 4.79 Å². The van der Waals surface area contributed by atoms with Gasteiger partial charge >= 0.3 is 12.0 Å². The molecule has 0 aliphatic carbocycles. The molecule has 0 aliphatic rings. The van der Waals surface area contributed by atoms with Crippen molar-refractivity contribution in [1.82, 2.24) is 15.2 Å². The number of aromatic nitrogens is 1. The zero-order valence-corrected chi connectivity index (χ0v) is 11.2. The van der Waals surface area contributed by atoms with Crippen LogP contribution >= 0.6 is 11.3 Å². The summed E-state index contributed by atoms with van der Waals surface area (Å²) in [6.45, 7) is 3.75. The van der Waals surface area contributed by atoms with Crippen molar-refractivity contribution < 1.29 is 14.7 Å². The van der Waals surface area contributed by atoms with E-state index in [1.54, 1.807) is 13.1 Å². The fraction of sp³-hybridized carbons (Fsp3) is 0.545. The molecular formula is C11H17N3O3S. The Labute approximate surface area is 110 Å². The van der Waals surface area contributed by atoms with E-state index in [9.17, 15) is 9.59 Å². The van der Waals surface area contributed by atoms with Gasteiger partial charge in [-0.3, -0.25) is 4.79 Å². The van der Waals surface area contributed by atoms with Crippen LogP contribution in [0.2, 0.25) is 0 Å². The third kappa shape index (κ3) is 3.99. The lowest BCUT2D eigenvalue weighted by atomic mass is 10.2. The number of carbonyl (C=O) groups is 2. The summed E-state index contributed by atoms with van der Waals surface area (Å²) in [4.78, 5) is 27.9. The third-order valence-corrected chi connectivity index (χ3v) is 3.34. The zero-order valence-electron chi connectivity index (χ0n) is 10.4. The summed E-state index contributed by atoms with van der Waals surface area (Å²) in [7, 11) is 0. The minimum absolute atomic E-state index is 0.166. The Morgan fingerprint density at radius 2 is 2.28 bits per heavy atom. The number of urea groups is 1. The minimum Gasteiger partial charge on any atom is -0.480 e. The van der Waals surface area contributed by atoms with Gasteiger partial charge in [0.1, 0.15) is 11.6 Å². The minimum atomic E-state index is -1.02.